The van der Waals surface area contributed by atoms with Crippen molar-refractivity contribution in [1.29, 1.82) is 0 Å². The first-order chi connectivity index (χ1) is 11.1. The Kier molecular flexibility index (Phi) is 5.68. The Morgan fingerprint density at radius 2 is 1.83 bits per heavy atom. The molecule has 0 aliphatic carbocycles. The van der Waals surface area contributed by atoms with E-state index in [1.807, 2.05) is 0 Å². The highest BCUT2D eigenvalue weighted by Crippen LogP contribution is 2.17. The molecule has 0 aliphatic rings. The Morgan fingerprint density at radius 1 is 1.09 bits per heavy atom. The largest absolute Gasteiger partial charge is 0.494 e. The Hall–Kier alpha value is -2.89. The van der Waals surface area contributed by atoms with Crippen molar-refractivity contribution in [3.8, 4) is 5.75 Å². The van der Waals surface area contributed by atoms with E-state index in [0.717, 1.165) is 0 Å². The van der Waals surface area contributed by atoms with Crippen LogP contribution in [0.2, 0.25) is 0 Å². The summed E-state index contributed by atoms with van der Waals surface area (Å²) in [4.78, 5) is 23.5. The highest BCUT2D eigenvalue weighted by atomic mass is 19.1. The molecule has 0 aliphatic heterocycles. The quantitative estimate of drug-likeness (QED) is 0.855. The summed E-state index contributed by atoms with van der Waals surface area (Å²) < 4.78 is 18.3. The lowest BCUT2D eigenvalue weighted by Gasteiger charge is -2.08. The second-order valence-corrected chi connectivity index (χ2v) is 4.79. The minimum atomic E-state index is -0.489. The molecule has 23 heavy (non-hydrogen) atoms. The van der Waals surface area contributed by atoms with E-state index in [9.17, 15) is 14.0 Å². The third kappa shape index (κ3) is 4.81. The zero-order chi connectivity index (χ0) is 16.7. The van der Waals surface area contributed by atoms with Gasteiger partial charge in [0.1, 0.15) is 0 Å². The minimum absolute atomic E-state index is 0.146. The molecule has 0 radical (unpaired) electrons. The molecule has 0 saturated heterocycles. The molecular formula is C17H17FN2O3. The number of hydrogen-bond donors (Lipinski definition) is 2. The summed E-state index contributed by atoms with van der Waals surface area (Å²) in [5.74, 6) is -1.02. The third-order valence-corrected chi connectivity index (χ3v) is 3.15. The molecule has 0 atom stereocenters. The Balaban J connectivity index is 1.79. The molecule has 5 nitrogen and oxygen atoms in total. The normalized spacial score (nSPS) is 10.0. The second-order valence-electron chi connectivity index (χ2n) is 4.79. The average molecular weight is 316 g/mol. The fourth-order valence-electron chi connectivity index (χ4n) is 1.94. The lowest BCUT2D eigenvalue weighted by molar-refractivity contribution is -0.120. The standard InChI is InChI=1S/C17H17FN2O3/c1-23-15-8-7-12(9-14(15)18)10-19-16(21)11-20-17(22)13-5-3-2-4-6-13/h2-9H,10-11H2,1H3,(H,19,21)(H,20,22). The molecule has 2 aromatic carbocycles. The number of carbonyl (C=O) groups is 2. The lowest BCUT2D eigenvalue weighted by atomic mass is 10.2. The monoisotopic (exact) mass is 316 g/mol. The summed E-state index contributed by atoms with van der Waals surface area (Å²) in [6.07, 6.45) is 0. The third-order valence-electron chi connectivity index (χ3n) is 3.15. The number of methoxy groups -OCH3 is 1. The van der Waals surface area contributed by atoms with Gasteiger partial charge in [0, 0.05) is 12.1 Å². The van der Waals surface area contributed by atoms with Gasteiger partial charge in [-0.05, 0) is 29.8 Å². The smallest absolute Gasteiger partial charge is 0.251 e. The van der Waals surface area contributed by atoms with Gasteiger partial charge in [0.15, 0.2) is 11.6 Å². The van der Waals surface area contributed by atoms with E-state index in [1.54, 1.807) is 36.4 Å². The molecule has 6 heteroatoms. The number of nitrogens with one attached hydrogen (secondary N) is 2. The molecule has 2 aromatic rings. The maximum absolute atomic E-state index is 13.5. The van der Waals surface area contributed by atoms with Crippen molar-refractivity contribution >= 4 is 11.8 Å². The van der Waals surface area contributed by atoms with Crippen LogP contribution in [0.3, 0.4) is 0 Å². The Morgan fingerprint density at radius 3 is 2.48 bits per heavy atom. The SMILES string of the molecule is COc1ccc(CNC(=O)CNC(=O)c2ccccc2)cc1F. The average Bonchev–Trinajstić information content (AvgIpc) is 2.58. The van der Waals surface area contributed by atoms with E-state index < -0.39 is 5.82 Å². The van der Waals surface area contributed by atoms with E-state index in [2.05, 4.69) is 10.6 Å². The molecule has 0 saturated carbocycles. The van der Waals surface area contributed by atoms with Crippen LogP contribution in [0.25, 0.3) is 0 Å². The van der Waals surface area contributed by atoms with Crippen LogP contribution in [0.5, 0.6) is 5.75 Å². The van der Waals surface area contributed by atoms with Crippen molar-refractivity contribution in [2.45, 2.75) is 6.54 Å². The summed E-state index contributed by atoms with van der Waals surface area (Å²) in [7, 11) is 1.38. The molecule has 0 unspecified atom stereocenters. The molecule has 0 bridgehead atoms. The maximum atomic E-state index is 13.5. The summed E-state index contributed by atoms with van der Waals surface area (Å²) in [5.41, 5.74) is 1.09. The fraction of sp³-hybridized carbons (Fsp3) is 0.176. The van der Waals surface area contributed by atoms with Gasteiger partial charge in [0.05, 0.1) is 13.7 Å². The van der Waals surface area contributed by atoms with Gasteiger partial charge in [-0.2, -0.15) is 0 Å². The molecule has 0 heterocycles. The van der Waals surface area contributed by atoms with E-state index in [4.69, 9.17) is 4.74 Å². The van der Waals surface area contributed by atoms with Crippen LogP contribution in [0, 0.1) is 5.82 Å². The van der Waals surface area contributed by atoms with Crippen LogP contribution in [-0.4, -0.2) is 25.5 Å². The summed E-state index contributed by atoms with van der Waals surface area (Å²) in [6, 6.07) is 13.1. The zero-order valence-corrected chi connectivity index (χ0v) is 12.6. The van der Waals surface area contributed by atoms with Crippen molar-refractivity contribution in [2.24, 2.45) is 0 Å². The number of ether oxygens (including phenoxy) is 1. The second kappa shape index (κ2) is 7.93. The van der Waals surface area contributed by atoms with Crippen LogP contribution in [-0.2, 0) is 11.3 Å². The molecule has 120 valence electrons. The van der Waals surface area contributed by atoms with Gasteiger partial charge in [-0.15, -0.1) is 0 Å². The first kappa shape index (κ1) is 16.5. The summed E-state index contributed by atoms with van der Waals surface area (Å²) in [5, 5.41) is 5.13. The van der Waals surface area contributed by atoms with E-state index in [-0.39, 0.29) is 30.7 Å². The summed E-state index contributed by atoms with van der Waals surface area (Å²) in [6.45, 7) is 0.0212. The highest BCUT2D eigenvalue weighted by Gasteiger charge is 2.08. The van der Waals surface area contributed by atoms with Crippen molar-refractivity contribution in [3.05, 3.63) is 65.5 Å². The zero-order valence-electron chi connectivity index (χ0n) is 12.6. The molecule has 2 N–H and O–H groups in total. The van der Waals surface area contributed by atoms with E-state index in [0.29, 0.717) is 11.1 Å². The molecule has 0 aromatic heterocycles. The number of halogens is 1. The van der Waals surface area contributed by atoms with Crippen LogP contribution in [0.4, 0.5) is 4.39 Å². The predicted molar refractivity (Wildman–Crippen MR) is 83.6 cm³/mol. The number of hydrogen-bond acceptors (Lipinski definition) is 3. The lowest BCUT2D eigenvalue weighted by Crippen LogP contribution is -2.36. The Labute approximate surface area is 133 Å². The highest BCUT2D eigenvalue weighted by molar-refractivity contribution is 5.96. The molecule has 0 fully saturated rings. The minimum Gasteiger partial charge on any atom is -0.494 e. The topological polar surface area (TPSA) is 67.4 Å². The first-order valence-corrected chi connectivity index (χ1v) is 7.02. The van der Waals surface area contributed by atoms with Crippen LogP contribution >= 0.6 is 0 Å². The number of amides is 2. The Bertz CT molecular complexity index is 689. The molecular weight excluding hydrogens is 299 g/mol. The molecule has 0 spiro atoms. The first-order valence-electron chi connectivity index (χ1n) is 7.02. The van der Waals surface area contributed by atoms with Crippen molar-refractivity contribution in [1.82, 2.24) is 10.6 Å². The van der Waals surface area contributed by atoms with Crippen LogP contribution in [0.15, 0.2) is 48.5 Å². The van der Waals surface area contributed by atoms with Gasteiger partial charge < -0.3 is 15.4 Å². The van der Waals surface area contributed by atoms with E-state index in [1.165, 1.54) is 19.2 Å². The fourth-order valence-corrected chi connectivity index (χ4v) is 1.94. The van der Waals surface area contributed by atoms with Crippen molar-refractivity contribution in [3.63, 3.8) is 0 Å². The van der Waals surface area contributed by atoms with Crippen LogP contribution in [0.1, 0.15) is 15.9 Å². The van der Waals surface area contributed by atoms with Gasteiger partial charge in [0.25, 0.3) is 5.91 Å². The molecule has 2 rings (SSSR count). The van der Waals surface area contributed by atoms with Gasteiger partial charge in [-0.1, -0.05) is 24.3 Å². The van der Waals surface area contributed by atoms with E-state index >= 15 is 0 Å². The van der Waals surface area contributed by atoms with Crippen molar-refractivity contribution in [2.75, 3.05) is 13.7 Å². The number of rotatable bonds is 6. The van der Waals surface area contributed by atoms with Gasteiger partial charge in [0.2, 0.25) is 5.91 Å². The predicted octanol–water partition coefficient (Wildman–Crippen LogP) is 1.88. The van der Waals surface area contributed by atoms with Crippen molar-refractivity contribution < 1.29 is 18.7 Å². The number of benzene rings is 2. The van der Waals surface area contributed by atoms with Gasteiger partial charge >= 0.3 is 0 Å². The maximum Gasteiger partial charge on any atom is 0.251 e. The molecule has 2 amide bonds. The van der Waals surface area contributed by atoms with Gasteiger partial charge in [-0.25, -0.2) is 4.39 Å². The summed E-state index contributed by atoms with van der Waals surface area (Å²) >= 11 is 0. The van der Waals surface area contributed by atoms with Crippen LogP contribution < -0.4 is 15.4 Å². The van der Waals surface area contributed by atoms with Gasteiger partial charge in [-0.3, -0.25) is 9.59 Å². The number of carbonyl (C=O) groups excluding carboxylic acids is 2.